The summed E-state index contributed by atoms with van der Waals surface area (Å²) in [4.78, 5) is 4.71. The Morgan fingerprint density at radius 2 is 1.81 bits per heavy atom. The van der Waals surface area contributed by atoms with Crippen molar-refractivity contribution in [1.29, 1.82) is 0 Å². The first-order chi connectivity index (χ1) is 12.6. The Morgan fingerprint density at radius 3 is 2.42 bits per heavy atom. The van der Waals surface area contributed by atoms with E-state index in [1.54, 1.807) is 0 Å². The minimum atomic E-state index is 0.578. The van der Waals surface area contributed by atoms with E-state index in [1.165, 1.54) is 5.56 Å². The van der Waals surface area contributed by atoms with Crippen LogP contribution in [-0.2, 0) is 25.8 Å². The van der Waals surface area contributed by atoms with Gasteiger partial charge in [-0.2, -0.15) is 0 Å². The summed E-state index contributed by atoms with van der Waals surface area (Å²) in [6.45, 7) is 12.4. The van der Waals surface area contributed by atoms with Gasteiger partial charge in [-0.05, 0) is 40.0 Å². The molecular formula is C19H31N5O2. The van der Waals surface area contributed by atoms with Crippen LogP contribution in [0.5, 0.6) is 0 Å². The fourth-order valence-corrected chi connectivity index (χ4v) is 2.95. The quantitative estimate of drug-likeness (QED) is 0.405. The van der Waals surface area contributed by atoms with Crippen molar-refractivity contribution < 1.29 is 9.05 Å². The molecule has 144 valence electrons. The predicted molar refractivity (Wildman–Crippen MR) is 102 cm³/mol. The highest BCUT2D eigenvalue weighted by Gasteiger charge is 2.13. The first-order valence-corrected chi connectivity index (χ1v) is 9.50. The molecule has 0 aliphatic carbocycles. The zero-order valence-corrected chi connectivity index (χ0v) is 16.6. The van der Waals surface area contributed by atoms with Gasteiger partial charge in [0.1, 0.15) is 11.5 Å². The predicted octanol–water partition coefficient (Wildman–Crippen LogP) is 3.09. The summed E-state index contributed by atoms with van der Waals surface area (Å²) in [6, 6.07) is 0. The molecule has 2 rings (SSSR count). The third-order valence-corrected chi connectivity index (χ3v) is 4.42. The Labute approximate surface area is 155 Å². The van der Waals surface area contributed by atoms with Crippen LogP contribution in [0.25, 0.3) is 0 Å². The van der Waals surface area contributed by atoms with E-state index in [0.29, 0.717) is 6.54 Å². The zero-order valence-electron chi connectivity index (χ0n) is 16.6. The van der Waals surface area contributed by atoms with Crippen molar-refractivity contribution in [1.82, 2.24) is 20.9 Å². The largest absolute Gasteiger partial charge is 0.361 e. The lowest BCUT2D eigenvalue weighted by Gasteiger charge is -2.11. The summed E-state index contributed by atoms with van der Waals surface area (Å²) >= 11 is 0. The molecule has 7 heteroatoms. The maximum absolute atomic E-state index is 5.42. The minimum absolute atomic E-state index is 0.578. The second kappa shape index (κ2) is 9.99. The second-order valence-electron chi connectivity index (χ2n) is 6.27. The molecule has 0 bridgehead atoms. The molecule has 0 saturated carbocycles. The monoisotopic (exact) mass is 361 g/mol. The number of aromatic nitrogens is 2. The Balaban J connectivity index is 1.91. The number of guanidine groups is 1. The van der Waals surface area contributed by atoms with Crippen LogP contribution in [0.2, 0.25) is 0 Å². The SMILES string of the molecule is CCNC(=NCc1c(CC)noc1CC)NCCCc1c(C)noc1C. The first-order valence-electron chi connectivity index (χ1n) is 9.50. The Hall–Kier alpha value is -2.31. The van der Waals surface area contributed by atoms with E-state index < -0.39 is 0 Å². The van der Waals surface area contributed by atoms with E-state index in [9.17, 15) is 0 Å². The topological polar surface area (TPSA) is 88.5 Å². The molecule has 0 aliphatic heterocycles. The van der Waals surface area contributed by atoms with Crippen LogP contribution in [0.15, 0.2) is 14.0 Å². The molecule has 2 aromatic heterocycles. The maximum Gasteiger partial charge on any atom is 0.191 e. The molecular weight excluding hydrogens is 330 g/mol. The van der Waals surface area contributed by atoms with Crippen LogP contribution in [-0.4, -0.2) is 29.4 Å². The number of hydrogen-bond acceptors (Lipinski definition) is 5. The lowest BCUT2D eigenvalue weighted by atomic mass is 10.1. The van der Waals surface area contributed by atoms with Crippen molar-refractivity contribution in [3.8, 4) is 0 Å². The molecule has 0 fully saturated rings. The second-order valence-corrected chi connectivity index (χ2v) is 6.27. The maximum atomic E-state index is 5.42. The average Bonchev–Trinajstić information content (AvgIpc) is 3.19. The van der Waals surface area contributed by atoms with E-state index in [-0.39, 0.29) is 0 Å². The number of rotatable bonds is 9. The van der Waals surface area contributed by atoms with E-state index >= 15 is 0 Å². The standard InChI is InChI=1S/C19H31N5O2/c1-6-17-16(18(7-2)26-24-17)12-22-19(20-8-3)21-11-9-10-15-13(4)23-25-14(15)5/h6-12H2,1-5H3,(H2,20,21,22). The third kappa shape index (κ3) is 5.09. The fourth-order valence-electron chi connectivity index (χ4n) is 2.95. The van der Waals surface area contributed by atoms with Gasteiger partial charge >= 0.3 is 0 Å². The van der Waals surface area contributed by atoms with Crippen molar-refractivity contribution >= 4 is 5.96 Å². The van der Waals surface area contributed by atoms with Crippen LogP contribution in [0, 0.1) is 13.8 Å². The third-order valence-electron chi connectivity index (χ3n) is 4.42. The summed E-state index contributed by atoms with van der Waals surface area (Å²) in [5, 5.41) is 14.8. The summed E-state index contributed by atoms with van der Waals surface area (Å²) in [5.74, 6) is 2.66. The number of nitrogens with zero attached hydrogens (tertiary/aromatic N) is 3. The van der Waals surface area contributed by atoms with Gasteiger partial charge in [0.25, 0.3) is 0 Å². The molecule has 0 amide bonds. The Morgan fingerprint density at radius 1 is 1.00 bits per heavy atom. The van der Waals surface area contributed by atoms with Crippen molar-refractivity contribution in [2.24, 2.45) is 4.99 Å². The summed E-state index contributed by atoms with van der Waals surface area (Å²) in [7, 11) is 0. The van der Waals surface area contributed by atoms with Gasteiger partial charge in [0, 0.05) is 30.6 Å². The molecule has 0 unspecified atom stereocenters. The van der Waals surface area contributed by atoms with E-state index in [2.05, 4.69) is 41.7 Å². The van der Waals surface area contributed by atoms with E-state index in [4.69, 9.17) is 14.0 Å². The minimum Gasteiger partial charge on any atom is -0.361 e. The normalized spacial score (nSPS) is 11.8. The Kier molecular flexibility index (Phi) is 7.69. The van der Waals surface area contributed by atoms with Gasteiger partial charge in [-0.1, -0.05) is 24.2 Å². The van der Waals surface area contributed by atoms with Gasteiger partial charge < -0.3 is 19.7 Å². The summed E-state index contributed by atoms with van der Waals surface area (Å²) in [5.41, 5.74) is 4.30. The van der Waals surface area contributed by atoms with Gasteiger partial charge in [-0.15, -0.1) is 0 Å². The molecule has 7 nitrogen and oxygen atoms in total. The van der Waals surface area contributed by atoms with Crippen LogP contribution < -0.4 is 10.6 Å². The lowest BCUT2D eigenvalue weighted by Crippen LogP contribution is -2.37. The molecule has 0 aromatic carbocycles. The number of hydrogen-bond donors (Lipinski definition) is 2. The smallest absolute Gasteiger partial charge is 0.191 e. The zero-order chi connectivity index (χ0) is 18.9. The molecule has 0 atom stereocenters. The number of nitrogens with one attached hydrogen (secondary N) is 2. The Bertz CT molecular complexity index is 677. The molecule has 2 aromatic rings. The van der Waals surface area contributed by atoms with E-state index in [1.807, 2.05) is 13.8 Å². The highest BCUT2D eigenvalue weighted by molar-refractivity contribution is 5.79. The molecule has 0 aliphatic rings. The van der Waals surface area contributed by atoms with Gasteiger partial charge in [0.2, 0.25) is 0 Å². The molecule has 2 heterocycles. The van der Waals surface area contributed by atoms with Crippen molar-refractivity contribution in [2.45, 2.75) is 66.8 Å². The molecule has 0 radical (unpaired) electrons. The van der Waals surface area contributed by atoms with Crippen molar-refractivity contribution in [3.05, 3.63) is 34.0 Å². The van der Waals surface area contributed by atoms with Gasteiger partial charge in [0.05, 0.1) is 17.9 Å². The fraction of sp³-hybridized carbons (Fsp3) is 0.632. The molecule has 2 N–H and O–H groups in total. The molecule has 0 saturated heterocycles. The van der Waals surface area contributed by atoms with Gasteiger partial charge in [-0.3, -0.25) is 0 Å². The van der Waals surface area contributed by atoms with Crippen LogP contribution >= 0.6 is 0 Å². The first kappa shape index (κ1) is 20.0. The summed E-state index contributed by atoms with van der Waals surface area (Å²) < 4.78 is 10.6. The van der Waals surface area contributed by atoms with Gasteiger partial charge in [0.15, 0.2) is 5.96 Å². The highest BCUT2D eigenvalue weighted by atomic mass is 16.5. The molecule has 0 spiro atoms. The number of aryl methyl sites for hydroxylation is 4. The lowest BCUT2D eigenvalue weighted by molar-refractivity contribution is 0.380. The highest BCUT2D eigenvalue weighted by Crippen LogP contribution is 2.17. The summed E-state index contributed by atoms with van der Waals surface area (Å²) in [6.07, 6.45) is 3.62. The van der Waals surface area contributed by atoms with Crippen LogP contribution in [0.4, 0.5) is 0 Å². The molecule has 26 heavy (non-hydrogen) atoms. The van der Waals surface area contributed by atoms with Crippen molar-refractivity contribution in [3.63, 3.8) is 0 Å². The average molecular weight is 361 g/mol. The van der Waals surface area contributed by atoms with Gasteiger partial charge in [-0.25, -0.2) is 4.99 Å². The van der Waals surface area contributed by atoms with Crippen LogP contribution in [0.3, 0.4) is 0 Å². The van der Waals surface area contributed by atoms with Crippen LogP contribution in [0.1, 0.15) is 61.2 Å². The van der Waals surface area contributed by atoms with Crippen molar-refractivity contribution in [2.75, 3.05) is 13.1 Å². The van der Waals surface area contributed by atoms with E-state index in [0.717, 1.165) is 73.2 Å². The number of aliphatic imine (C=N–C) groups is 1.